The van der Waals surface area contributed by atoms with Crippen LogP contribution in [0.25, 0.3) is 0 Å². The molecule has 0 atom stereocenters. The number of hydrogen-bond acceptors (Lipinski definition) is 2. The molecule has 2 N–H and O–H groups in total. The summed E-state index contributed by atoms with van der Waals surface area (Å²) >= 11 is 0. The van der Waals surface area contributed by atoms with Crippen molar-refractivity contribution in [1.29, 1.82) is 0 Å². The lowest BCUT2D eigenvalue weighted by molar-refractivity contribution is -0.137. The molecule has 1 aromatic rings. The minimum Gasteiger partial charge on any atom is -0.481 e. The fraction of sp³-hybridized carbons (Fsp3) is 0.429. The summed E-state index contributed by atoms with van der Waals surface area (Å²) in [5, 5.41) is 11.5. The van der Waals surface area contributed by atoms with E-state index >= 15 is 0 Å². The summed E-state index contributed by atoms with van der Waals surface area (Å²) < 4.78 is 0. The average Bonchev–Trinajstić information content (AvgIpc) is 3.19. The zero-order valence-electron chi connectivity index (χ0n) is 10.2. The largest absolute Gasteiger partial charge is 0.481 e. The average molecular weight is 247 g/mol. The second kappa shape index (κ2) is 5.67. The highest BCUT2D eigenvalue weighted by Crippen LogP contribution is 2.28. The Labute approximate surface area is 106 Å². The first-order chi connectivity index (χ1) is 8.65. The zero-order chi connectivity index (χ0) is 13.0. The van der Waals surface area contributed by atoms with Crippen molar-refractivity contribution in [3.8, 4) is 0 Å². The Hall–Kier alpha value is -1.84. The van der Waals surface area contributed by atoms with E-state index in [9.17, 15) is 9.59 Å². The molecule has 18 heavy (non-hydrogen) atoms. The van der Waals surface area contributed by atoms with Gasteiger partial charge in [-0.15, -0.1) is 0 Å². The van der Waals surface area contributed by atoms with Gasteiger partial charge in [0, 0.05) is 18.9 Å². The van der Waals surface area contributed by atoms with Gasteiger partial charge >= 0.3 is 5.97 Å². The highest BCUT2D eigenvalue weighted by molar-refractivity contribution is 5.80. The molecule has 0 saturated heterocycles. The van der Waals surface area contributed by atoms with Crippen LogP contribution in [0.4, 0.5) is 0 Å². The number of carboxylic acid groups (broad SMARTS) is 1. The molecule has 96 valence electrons. The van der Waals surface area contributed by atoms with Crippen LogP contribution in [0.3, 0.4) is 0 Å². The van der Waals surface area contributed by atoms with Gasteiger partial charge < -0.3 is 10.4 Å². The van der Waals surface area contributed by atoms with Gasteiger partial charge in [-0.1, -0.05) is 24.3 Å². The molecule has 1 amide bonds. The Bertz CT molecular complexity index is 435. The first kappa shape index (κ1) is 12.6. The molecule has 1 aromatic carbocycles. The first-order valence-electron chi connectivity index (χ1n) is 6.22. The van der Waals surface area contributed by atoms with Gasteiger partial charge in [0.1, 0.15) is 0 Å². The molecule has 1 aliphatic rings. The first-order valence-corrected chi connectivity index (χ1v) is 6.22. The summed E-state index contributed by atoms with van der Waals surface area (Å²) in [6, 6.07) is 7.71. The van der Waals surface area contributed by atoms with Crippen LogP contribution in [0.5, 0.6) is 0 Å². The van der Waals surface area contributed by atoms with Crippen LogP contribution in [-0.2, 0) is 22.6 Å². The highest BCUT2D eigenvalue weighted by Gasteiger charge is 2.29. The molecule has 1 aliphatic carbocycles. The number of carbonyl (C=O) groups is 2. The fourth-order valence-corrected chi connectivity index (χ4v) is 1.75. The lowest BCUT2D eigenvalue weighted by Gasteiger charge is -2.05. The topological polar surface area (TPSA) is 66.4 Å². The van der Waals surface area contributed by atoms with Gasteiger partial charge in [0.25, 0.3) is 0 Å². The molecular formula is C14H17NO3. The summed E-state index contributed by atoms with van der Waals surface area (Å²) in [6.45, 7) is 0.550. The van der Waals surface area contributed by atoms with E-state index in [1.54, 1.807) is 0 Å². The van der Waals surface area contributed by atoms with Gasteiger partial charge in [0.2, 0.25) is 5.91 Å². The van der Waals surface area contributed by atoms with E-state index in [4.69, 9.17) is 5.11 Å². The Kier molecular flexibility index (Phi) is 3.97. The predicted octanol–water partition coefficient (Wildman–Crippen LogP) is 1.73. The van der Waals surface area contributed by atoms with Crippen LogP contribution < -0.4 is 5.32 Å². The number of aliphatic carboxylic acids is 1. The molecule has 0 bridgehead atoms. The van der Waals surface area contributed by atoms with Crippen molar-refractivity contribution in [2.75, 3.05) is 0 Å². The minimum absolute atomic E-state index is 0.143. The number of carboxylic acids is 1. The van der Waals surface area contributed by atoms with E-state index < -0.39 is 5.97 Å². The summed E-state index contributed by atoms with van der Waals surface area (Å²) in [5.41, 5.74) is 2.05. The van der Waals surface area contributed by atoms with Crippen LogP contribution in [0.2, 0.25) is 0 Å². The molecule has 4 nitrogen and oxygen atoms in total. The Morgan fingerprint density at radius 3 is 2.33 bits per heavy atom. The lowest BCUT2D eigenvalue weighted by atomic mass is 10.1. The maximum Gasteiger partial charge on any atom is 0.303 e. The van der Waals surface area contributed by atoms with Crippen LogP contribution >= 0.6 is 0 Å². The number of nitrogens with one attached hydrogen (secondary N) is 1. The smallest absolute Gasteiger partial charge is 0.303 e. The fourth-order valence-electron chi connectivity index (χ4n) is 1.75. The molecule has 4 heteroatoms. The molecule has 0 unspecified atom stereocenters. The summed E-state index contributed by atoms with van der Waals surface area (Å²) in [6.07, 6.45) is 2.72. The number of amides is 1. The van der Waals surface area contributed by atoms with E-state index in [0.717, 1.165) is 24.0 Å². The van der Waals surface area contributed by atoms with Gasteiger partial charge in [0.15, 0.2) is 0 Å². The van der Waals surface area contributed by atoms with E-state index in [1.807, 2.05) is 24.3 Å². The van der Waals surface area contributed by atoms with Crippen molar-refractivity contribution in [1.82, 2.24) is 5.32 Å². The molecule has 0 radical (unpaired) electrons. The molecule has 2 rings (SSSR count). The van der Waals surface area contributed by atoms with Crippen LogP contribution in [0.1, 0.15) is 30.4 Å². The molecule has 1 fully saturated rings. The number of rotatable bonds is 6. The van der Waals surface area contributed by atoms with E-state index in [-0.39, 0.29) is 18.2 Å². The quantitative estimate of drug-likeness (QED) is 0.804. The van der Waals surface area contributed by atoms with Crippen molar-refractivity contribution in [3.63, 3.8) is 0 Å². The SMILES string of the molecule is O=C(O)CCc1ccc(CNC(=O)C2CC2)cc1. The molecule has 0 heterocycles. The van der Waals surface area contributed by atoms with Crippen LogP contribution in [0.15, 0.2) is 24.3 Å². The Balaban J connectivity index is 1.79. The third-order valence-corrected chi connectivity index (χ3v) is 3.07. The van der Waals surface area contributed by atoms with Crippen molar-refractivity contribution in [2.24, 2.45) is 5.92 Å². The molecule has 0 aliphatic heterocycles. The van der Waals surface area contributed by atoms with Crippen LogP contribution in [0, 0.1) is 5.92 Å². The number of hydrogen-bond donors (Lipinski definition) is 2. The molecular weight excluding hydrogens is 230 g/mol. The molecule has 1 saturated carbocycles. The van der Waals surface area contributed by atoms with Crippen molar-refractivity contribution in [2.45, 2.75) is 32.2 Å². The standard InChI is InChI=1S/C14H17NO3/c16-13(17)8-5-10-1-3-11(4-2-10)9-15-14(18)12-6-7-12/h1-4,12H,5-9H2,(H,15,18)(H,16,17). The van der Waals surface area contributed by atoms with E-state index in [1.165, 1.54) is 0 Å². The maximum atomic E-state index is 11.4. The van der Waals surface area contributed by atoms with E-state index in [0.29, 0.717) is 13.0 Å². The third kappa shape index (κ3) is 3.87. The van der Waals surface area contributed by atoms with Gasteiger partial charge in [0.05, 0.1) is 0 Å². The van der Waals surface area contributed by atoms with Gasteiger partial charge in [-0.3, -0.25) is 9.59 Å². The second-order valence-corrected chi connectivity index (χ2v) is 4.70. The monoisotopic (exact) mass is 247 g/mol. The van der Waals surface area contributed by atoms with Crippen molar-refractivity contribution >= 4 is 11.9 Å². The predicted molar refractivity (Wildman–Crippen MR) is 67.0 cm³/mol. The van der Waals surface area contributed by atoms with Crippen molar-refractivity contribution < 1.29 is 14.7 Å². The Morgan fingerprint density at radius 2 is 1.78 bits per heavy atom. The van der Waals surface area contributed by atoms with Crippen LogP contribution in [-0.4, -0.2) is 17.0 Å². The normalized spacial score (nSPS) is 14.2. The number of aryl methyl sites for hydroxylation is 1. The molecule has 0 aromatic heterocycles. The second-order valence-electron chi connectivity index (χ2n) is 4.70. The molecule has 0 spiro atoms. The zero-order valence-corrected chi connectivity index (χ0v) is 10.2. The number of carbonyl (C=O) groups excluding carboxylic acids is 1. The van der Waals surface area contributed by atoms with Gasteiger partial charge in [-0.05, 0) is 30.4 Å². The van der Waals surface area contributed by atoms with E-state index in [2.05, 4.69) is 5.32 Å². The maximum absolute atomic E-state index is 11.4. The minimum atomic E-state index is -0.782. The van der Waals surface area contributed by atoms with Gasteiger partial charge in [-0.25, -0.2) is 0 Å². The lowest BCUT2D eigenvalue weighted by Crippen LogP contribution is -2.24. The number of benzene rings is 1. The van der Waals surface area contributed by atoms with Gasteiger partial charge in [-0.2, -0.15) is 0 Å². The highest BCUT2D eigenvalue weighted by atomic mass is 16.4. The van der Waals surface area contributed by atoms with Crippen molar-refractivity contribution in [3.05, 3.63) is 35.4 Å². The third-order valence-electron chi connectivity index (χ3n) is 3.07. The summed E-state index contributed by atoms with van der Waals surface area (Å²) in [7, 11) is 0. The summed E-state index contributed by atoms with van der Waals surface area (Å²) in [5.74, 6) is -0.402. The Morgan fingerprint density at radius 1 is 1.17 bits per heavy atom. The summed E-state index contributed by atoms with van der Waals surface area (Å²) in [4.78, 5) is 21.9.